The average Bonchev–Trinajstić information content (AvgIpc) is 3.27. The first-order chi connectivity index (χ1) is 14.8. The molecule has 3 heterocycles. The number of pyridine rings is 1. The minimum atomic E-state index is 0.0552. The van der Waals surface area contributed by atoms with E-state index < -0.39 is 0 Å². The van der Waals surface area contributed by atoms with Crippen molar-refractivity contribution in [3.05, 3.63) is 89.7 Å². The van der Waals surface area contributed by atoms with Gasteiger partial charge in [-0.25, -0.2) is 0 Å². The van der Waals surface area contributed by atoms with E-state index in [-0.39, 0.29) is 6.61 Å². The number of aliphatic hydroxyl groups is 1. The van der Waals surface area contributed by atoms with Crippen molar-refractivity contribution in [2.45, 2.75) is 31.9 Å². The van der Waals surface area contributed by atoms with Crippen molar-refractivity contribution >= 4 is 10.9 Å². The highest BCUT2D eigenvalue weighted by atomic mass is 16.3. The largest absolute Gasteiger partial charge is 0.392 e. The van der Waals surface area contributed by atoms with Gasteiger partial charge in [-0.1, -0.05) is 30.3 Å². The molecule has 4 heteroatoms. The van der Waals surface area contributed by atoms with E-state index in [0.717, 1.165) is 36.5 Å². The zero-order valence-corrected chi connectivity index (χ0v) is 17.1. The number of nitrogens with zero attached hydrogens (tertiary/aromatic N) is 2. The summed E-state index contributed by atoms with van der Waals surface area (Å²) in [4.78, 5) is 10.8. The molecule has 0 spiro atoms. The molecule has 2 aromatic heterocycles. The smallest absolute Gasteiger partial charge is 0.0705 e. The molecule has 4 nitrogen and oxygen atoms in total. The number of fused-ring (bicyclic) bond motifs is 1. The van der Waals surface area contributed by atoms with Gasteiger partial charge in [0.25, 0.3) is 0 Å². The molecular weight excluding hydrogens is 370 g/mol. The Hall–Kier alpha value is -2.95. The van der Waals surface area contributed by atoms with E-state index >= 15 is 0 Å². The number of aliphatic hydroxyl groups excluding tert-OH is 1. The summed E-state index contributed by atoms with van der Waals surface area (Å²) in [5.41, 5.74) is 6.70. The molecule has 1 aliphatic heterocycles. The number of rotatable bonds is 5. The number of hydrogen-bond donors (Lipinski definition) is 2. The summed E-state index contributed by atoms with van der Waals surface area (Å²) in [6.45, 7) is 3.22. The van der Waals surface area contributed by atoms with Crippen molar-refractivity contribution in [2.75, 3.05) is 13.1 Å². The van der Waals surface area contributed by atoms with E-state index in [1.165, 1.54) is 35.0 Å². The fourth-order valence-electron chi connectivity index (χ4n) is 4.57. The van der Waals surface area contributed by atoms with E-state index in [9.17, 15) is 5.11 Å². The van der Waals surface area contributed by atoms with E-state index in [1.807, 2.05) is 24.4 Å². The number of aromatic amines is 1. The standard InChI is InChI=1S/C26H27N3O/c30-18-20-4-1-5-21(15-20)25-7-2-8-26(28-25)23-6-3-13-29(17-23)16-19-9-10-24-22(14-19)11-12-27-24/h1-2,4-5,7-12,14-15,23,27,30H,3,6,13,16-18H2. The maximum atomic E-state index is 9.44. The predicted octanol–water partition coefficient (Wildman–Crippen LogP) is 5.10. The second-order valence-corrected chi connectivity index (χ2v) is 8.28. The lowest BCUT2D eigenvalue weighted by atomic mass is 9.93. The van der Waals surface area contributed by atoms with Crippen LogP contribution in [0.25, 0.3) is 22.2 Å². The van der Waals surface area contributed by atoms with Crippen LogP contribution in [0.3, 0.4) is 0 Å². The lowest BCUT2D eigenvalue weighted by Crippen LogP contribution is -2.34. The molecule has 1 saturated heterocycles. The van der Waals surface area contributed by atoms with Crippen LogP contribution in [0, 0.1) is 0 Å². The normalized spacial score (nSPS) is 17.4. The molecule has 2 aromatic carbocycles. The summed E-state index contributed by atoms with van der Waals surface area (Å²) in [6.07, 6.45) is 4.38. The summed E-state index contributed by atoms with van der Waals surface area (Å²) in [6, 6.07) is 23.2. The van der Waals surface area contributed by atoms with Gasteiger partial charge in [-0.05, 0) is 72.3 Å². The maximum absolute atomic E-state index is 9.44. The molecular formula is C26H27N3O. The van der Waals surface area contributed by atoms with Crippen LogP contribution < -0.4 is 0 Å². The average molecular weight is 398 g/mol. The lowest BCUT2D eigenvalue weighted by Gasteiger charge is -2.32. The molecule has 1 atom stereocenters. The Kier molecular flexibility index (Phi) is 5.35. The number of likely N-dealkylation sites (tertiary alicyclic amines) is 1. The number of hydrogen-bond acceptors (Lipinski definition) is 3. The number of piperidine rings is 1. The summed E-state index contributed by atoms with van der Waals surface area (Å²) in [7, 11) is 0. The Morgan fingerprint density at radius 1 is 1.00 bits per heavy atom. The molecule has 0 bridgehead atoms. The monoisotopic (exact) mass is 397 g/mol. The van der Waals surface area contributed by atoms with Gasteiger partial charge in [-0.3, -0.25) is 9.88 Å². The minimum Gasteiger partial charge on any atom is -0.392 e. The van der Waals surface area contributed by atoms with Gasteiger partial charge in [0, 0.05) is 42.0 Å². The van der Waals surface area contributed by atoms with Crippen LogP contribution in [0.4, 0.5) is 0 Å². The van der Waals surface area contributed by atoms with Gasteiger partial charge in [0.1, 0.15) is 0 Å². The van der Waals surface area contributed by atoms with Crippen LogP contribution in [0.1, 0.15) is 35.6 Å². The highest BCUT2D eigenvalue weighted by Crippen LogP contribution is 2.29. The van der Waals surface area contributed by atoms with Gasteiger partial charge in [-0.2, -0.15) is 0 Å². The van der Waals surface area contributed by atoms with Crippen LogP contribution in [0.2, 0.25) is 0 Å². The van der Waals surface area contributed by atoms with E-state index in [1.54, 1.807) is 0 Å². The fraction of sp³-hybridized carbons (Fsp3) is 0.269. The Morgan fingerprint density at radius 3 is 2.87 bits per heavy atom. The highest BCUT2D eigenvalue weighted by Gasteiger charge is 2.23. The molecule has 1 fully saturated rings. The van der Waals surface area contributed by atoms with Gasteiger partial charge < -0.3 is 10.1 Å². The van der Waals surface area contributed by atoms with E-state index in [0.29, 0.717) is 5.92 Å². The third kappa shape index (κ3) is 4.02. The van der Waals surface area contributed by atoms with Crippen molar-refractivity contribution in [1.82, 2.24) is 14.9 Å². The Bertz CT molecular complexity index is 1150. The summed E-state index contributed by atoms with van der Waals surface area (Å²) < 4.78 is 0. The lowest BCUT2D eigenvalue weighted by molar-refractivity contribution is 0.198. The number of benzene rings is 2. The minimum absolute atomic E-state index is 0.0552. The summed E-state index contributed by atoms with van der Waals surface area (Å²) in [5.74, 6) is 0.454. The van der Waals surface area contributed by atoms with Crippen LogP contribution in [-0.4, -0.2) is 33.1 Å². The molecule has 0 radical (unpaired) electrons. The molecule has 5 rings (SSSR count). The number of aromatic nitrogens is 2. The SMILES string of the molecule is OCc1cccc(-c2cccc(C3CCCN(Cc4ccc5[nH]ccc5c4)C3)n2)c1. The summed E-state index contributed by atoms with van der Waals surface area (Å²) >= 11 is 0. The van der Waals surface area contributed by atoms with Crippen molar-refractivity contribution in [1.29, 1.82) is 0 Å². The van der Waals surface area contributed by atoms with Crippen LogP contribution in [0.15, 0.2) is 72.9 Å². The van der Waals surface area contributed by atoms with Crippen LogP contribution >= 0.6 is 0 Å². The third-order valence-corrected chi connectivity index (χ3v) is 6.12. The van der Waals surface area contributed by atoms with Crippen molar-refractivity contribution in [3.8, 4) is 11.3 Å². The zero-order valence-electron chi connectivity index (χ0n) is 17.1. The Morgan fingerprint density at radius 2 is 1.93 bits per heavy atom. The van der Waals surface area contributed by atoms with Crippen LogP contribution in [-0.2, 0) is 13.2 Å². The Labute approximate surface area is 177 Å². The van der Waals surface area contributed by atoms with Gasteiger partial charge in [0.05, 0.1) is 12.3 Å². The first-order valence-electron chi connectivity index (χ1n) is 10.7. The molecule has 152 valence electrons. The first-order valence-corrected chi connectivity index (χ1v) is 10.7. The van der Waals surface area contributed by atoms with Crippen LogP contribution in [0.5, 0.6) is 0 Å². The van der Waals surface area contributed by atoms with Gasteiger partial charge in [0.2, 0.25) is 0 Å². The molecule has 4 aromatic rings. The van der Waals surface area contributed by atoms with Gasteiger partial charge in [0.15, 0.2) is 0 Å². The van der Waals surface area contributed by atoms with Gasteiger partial charge in [-0.15, -0.1) is 0 Å². The number of nitrogens with one attached hydrogen (secondary N) is 1. The topological polar surface area (TPSA) is 52.1 Å². The van der Waals surface area contributed by atoms with Crippen molar-refractivity contribution in [3.63, 3.8) is 0 Å². The Balaban J connectivity index is 1.33. The quantitative estimate of drug-likeness (QED) is 0.492. The molecule has 0 saturated carbocycles. The van der Waals surface area contributed by atoms with Gasteiger partial charge >= 0.3 is 0 Å². The zero-order chi connectivity index (χ0) is 20.3. The summed E-state index contributed by atoms with van der Waals surface area (Å²) in [5, 5.41) is 10.7. The molecule has 0 amide bonds. The van der Waals surface area contributed by atoms with E-state index in [2.05, 4.69) is 58.4 Å². The number of H-pyrrole nitrogens is 1. The molecule has 30 heavy (non-hydrogen) atoms. The molecule has 2 N–H and O–H groups in total. The first kappa shape index (κ1) is 19.0. The fourth-order valence-corrected chi connectivity index (χ4v) is 4.57. The van der Waals surface area contributed by atoms with Crippen molar-refractivity contribution < 1.29 is 5.11 Å². The second-order valence-electron chi connectivity index (χ2n) is 8.28. The van der Waals surface area contributed by atoms with Crippen molar-refractivity contribution in [2.24, 2.45) is 0 Å². The van der Waals surface area contributed by atoms with E-state index in [4.69, 9.17) is 4.98 Å². The predicted molar refractivity (Wildman–Crippen MR) is 121 cm³/mol. The maximum Gasteiger partial charge on any atom is 0.0705 e. The molecule has 1 unspecified atom stereocenters. The third-order valence-electron chi connectivity index (χ3n) is 6.12. The highest BCUT2D eigenvalue weighted by molar-refractivity contribution is 5.79. The molecule has 0 aliphatic carbocycles. The molecule has 1 aliphatic rings. The second kappa shape index (κ2) is 8.42.